The van der Waals surface area contributed by atoms with E-state index in [4.69, 9.17) is 11.5 Å². The van der Waals surface area contributed by atoms with Crippen LogP contribution in [0.4, 0.5) is 20.6 Å². The average Bonchev–Trinajstić information content (AvgIpc) is 2.14. The zero-order valence-corrected chi connectivity index (χ0v) is 8.09. The number of urea groups is 1. The van der Waals surface area contributed by atoms with Crippen LogP contribution in [0.3, 0.4) is 0 Å². The van der Waals surface area contributed by atoms with Gasteiger partial charge in [-0.3, -0.25) is 0 Å². The second-order valence-electron chi connectivity index (χ2n) is 2.96. The van der Waals surface area contributed by atoms with Crippen molar-refractivity contribution in [2.45, 2.75) is 0 Å². The van der Waals surface area contributed by atoms with Gasteiger partial charge in [0.15, 0.2) is 0 Å². The van der Waals surface area contributed by atoms with Gasteiger partial charge in [0.05, 0.1) is 5.69 Å². The summed E-state index contributed by atoms with van der Waals surface area (Å²) in [4.78, 5) is 10.3. The molecule has 5 nitrogen and oxygen atoms in total. The van der Waals surface area contributed by atoms with Crippen molar-refractivity contribution in [1.29, 1.82) is 0 Å². The monoisotopic (exact) mass is 212 g/mol. The molecule has 0 aliphatic rings. The van der Waals surface area contributed by atoms with E-state index in [0.29, 0.717) is 24.5 Å². The average molecular weight is 212 g/mol. The van der Waals surface area contributed by atoms with Crippen LogP contribution in [0.5, 0.6) is 0 Å². The fourth-order valence-corrected chi connectivity index (χ4v) is 1.06. The lowest BCUT2D eigenvalue weighted by Gasteiger charge is -2.07. The number of rotatable bonds is 4. The third kappa shape index (κ3) is 3.72. The Balaban J connectivity index is 2.40. The number of primary amides is 1. The van der Waals surface area contributed by atoms with Crippen LogP contribution in [0.15, 0.2) is 18.2 Å². The van der Waals surface area contributed by atoms with Gasteiger partial charge in [0, 0.05) is 18.8 Å². The highest BCUT2D eigenvalue weighted by Gasteiger charge is 2.00. The number of anilines is 2. The Morgan fingerprint density at radius 1 is 1.40 bits per heavy atom. The van der Waals surface area contributed by atoms with Crippen molar-refractivity contribution in [3.63, 3.8) is 0 Å². The number of nitrogen functional groups attached to an aromatic ring is 1. The Kier molecular flexibility index (Phi) is 3.73. The molecule has 1 rings (SSSR count). The Bertz CT molecular complexity index is 356. The second kappa shape index (κ2) is 5.04. The van der Waals surface area contributed by atoms with Gasteiger partial charge in [0.2, 0.25) is 0 Å². The first-order valence-electron chi connectivity index (χ1n) is 4.42. The molecule has 0 aliphatic carbocycles. The van der Waals surface area contributed by atoms with Crippen molar-refractivity contribution >= 4 is 17.4 Å². The summed E-state index contributed by atoms with van der Waals surface area (Å²) in [6.07, 6.45) is 0. The van der Waals surface area contributed by atoms with Crippen LogP contribution >= 0.6 is 0 Å². The molecule has 0 fully saturated rings. The van der Waals surface area contributed by atoms with Gasteiger partial charge in [0.25, 0.3) is 0 Å². The van der Waals surface area contributed by atoms with E-state index >= 15 is 0 Å². The predicted molar refractivity (Wildman–Crippen MR) is 56.9 cm³/mol. The van der Waals surface area contributed by atoms with E-state index in [1.807, 2.05) is 0 Å². The molecule has 0 spiro atoms. The number of benzene rings is 1. The summed E-state index contributed by atoms with van der Waals surface area (Å²) < 4.78 is 13.2. The predicted octanol–water partition coefficient (Wildman–Crippen LogP) is 0.488. The molecule has 0 heterocycles. The number of amides is 2. The summed E-state index contributed by atoms with van der Waals surface area (Å²) in [7, 11) is 0. The van der Waals surface area contributed by atoms with Crippen molar-refractivity contribution < 1.29 is 9.18 Å². The molecule has 6 N–H and O–H groups in total. The van der Waals surface area contributed by atoms with Crippen LogP contribution in [0, 0.1) is 5.82 Å². The number of hydrogen-bond acceptors (Lipinski definition) is 3. The van der Waals surface area contributed by atoms with E-state index in [1.165, 1.54) is 12.1 Å². The molecule has 0 aliphatic heterocycles. The van der Waals surface area contributed by atoms with Gasteiger partial charge < -0.3 is 22.1 Å². The largest absolute Gasteiger partial charge is 0.399 e. The zero-order valence-electron chi connectivity index (χ0n) is 8.09. The van der Waals surface area contributed by atoms with Crippen molar-refractivity contribution in [3.8, 4) is 0 Å². The molecule has 1 aromatic carbocycles. The normalized spacial score (nSPS) is 9.67. The standard InChI is InChI=1S/C9H13FN4O/c10-7-5-6(11)1-2-8(7)13-3-4-14-9(12)15/h1-2,5,13H,3-4,11H2,(H3,12,14,15). The third-order valence-electron chi connectivity index (χ3n) is 1.73. The summed E-state index contributed by atoms with van der Waals surface area (Å²) in [5, 5.41) is 5.17. The van der Waals surface area contributed by atoms with Gasteiger partial charge in [-0.2, -0.15) is 0 Å². The van der Waals surface area contributed by atoms with Gasteiger partial charge >= 0.3 is 6.03 Å². The summed E-state index contributed by atoms with van der Waals surface area (Å²) in [6.45, 7) is 0.725. The summed E-state index contributed by atoms with van der Waals surface area (Å²) in [6, 6.07) is 3.75. The van der Waals surface area contributed by atoms with Crippen LogP contribution in [-0.2, 0) is 0 Å². The minimum atomic E-state index is -0.602. The van der Waals surface area contributed by atoms with Crippen molar-refractivity contribution in [2.75, 3.05) is 24.1 Å². The number of hydrogen-bond donors (Lipinski definition) is 4. The second-order valence-corrected chi connectivity index (χ2v) is 2.96. The lowest BCUT2D eigenvalue weighted by atomic mass is 10.2. The fourth-order valence-electron chi connectivity index (χ4n) is 1.06. The molecule has 2 amide bonds. The molecular weight excluding hydrogens is 199 g/mol. The van der Waals surface area contributed by atoms with Crippen molar-refractivity contribution in [1.82, 2.24) is 5.32 Å². The van der Waals surface area contributed by atoms with E-state index in [-0.39, 0.29) is 0 Å². The summed E-state index contributed by atoms with van der Waals surface area (Å²) in [5.74, 6) is -0.422. The smallest absolute Gasteiger partial charge is 0.312 e. The highest BCUT2D eigenvalue weighted by atomic mass is 19.1. The van der Waals surface area contributed by atoms with Gasteiger partial charge in [-0.15, -0.1) is 0 Å². The van der Waals surface area contributed by atoms with Crippen LogP contribution < -0.4 is 22.1 Å². The van der Waals surface area contributed by atoms with Crippen LogP contribution in [-0.4, -0.2) is 19.1 Å². The number of carbonyl (C=O) groups is 1. The maximum atomic E-state index is 13.2. The van der Waals surface area contributed by atoms with E-state index in [2.05, 4.69) is 10.6 Å². The first-order chi connectivity index (χ1) is 7.09. The number of nitrogens with two attached hydrogens (primary N) is 2. The molecule has 0 atom stereocenters. The van der Waals surface area contributed by atoms with E-state index in [0.717, 1.165) is 0 Å². The maximum Gasteiger partial charge on any atom is 0.312 e. The highest BCUT2D eigenvalue weighted by Crippen LogP contribution is 2.16. The minimum absolute atomic E-state index is 0.332. The van der Waals surface area contributed by atoms with Gasteiger partial charge in [-0.25, -0.2) is 9.18 Å². The van der Waals surface area contributed by atoms with Crippen LogP contribution in [0.25, 0.3) is 0 Å². The molecule has 0 saturated carbocycles. The molecule has 82 valence electrons. The molecule has 6 heteroatoms. The molecule has 0 saturated heterocycles. The summed E-state index contributed by atoms with van der Waals surface area (Å²) >= 11 is 0. The molecule has 0 bridgehead atoms. The topological polar surface area (TPSA) is 93.2 Å². The van der Waals surface area contributed by atoms with E-state index in [1.54, 1.807) is 6.07 Å². The van der Waals surface area contributed by atoms with Gasteiger partial charge in [0.1, 0.15) is 5.82 Å². The first kappa shape index (κ1) is 11.1. The Hall–Kier alpha value is -1.98. The number of carbonyl (C=O) groups excluding carboxylic acids is 1. The zero-order chi connectivity index (χ0) is 11.3. The van der Waals surface area contributed by atoms with Gasteiger partial charge in [-0.1, -0.05) is 0 Å². The molecule has 0 aromatic heterocycles. The van der Waals surface area contributed by atoms with Crippen LogP contribution in [0.1, 0.15) is 0 Å². The quantitative estimate of drug-likeness (QED) is 0.432. The molecule has 0 radical (unpaired) electrons. The Morgan fingerprint density at radius 2 is 2.13 bits per heavy atom. The molecule has 1 aromatic rings. The van der Waals surface area contributed by atoms with Crippen molar-refractivity contribution in [2.24, 2.45) is 5.73 Å². The van der Waals surface area contributed by atoms with Crippen molar-refractivity contribution in [3.05, 3.63) is 24.0 Å². The van der Waals surface area contributed by atoms with Gasteiger partial charge in [-0.05, 0) is 18.2 Å². The lowest BCUT2D eigenvalue weighted by molar-refractivity contribution is 0.249. The lowest BCUT2D eigenvalue weighted by Crippen LogP contribution is -2.33. The Labute approximate surface area is 86.6 Å². The third-order valence-corrected chi connectivity index (χ3v) is 1.73. The van der Waals surface area contributed by atoms with E-state index in [9.17, 15) is 9.18 Å². The number of nitrogens with one attached hydrogen (secondary N) is 2. The summed E-state index contributed by atoms with van der Waals surface area (Å²) in [5.41, 5.74) is 10.9. The molecule has 15 heavy (non-hydrogen) atoms. The highest BCUT2D eigenvalue weighted by molar-refractivity contribution is 5.71. The van der Waals surface area contributed by atoms with E-state index < -0.39 is 11.8 Å². The number of halogens is 1. The SMILES string of the molecule is NC(=O)NCCNc1ccc(N)cc1F. The Morgan fingerprint density at radius 3 is 2.73 bits per heavy atom. The minimum Gasteiger partial charge on any atom is -0.399 e. The fraction of sp³-hybridized carbons (Fsp3) is 0.222. The van der Waals surface area contributed by atoms with Crippen LogP contribution in [0.2, 0.25) is 0 Å². The molecule has 0 unspecified atom stereocenters. The molecular formula is C9H13FN4O. The maximum absolute atomic E-state index is 13.2. The first-order valence-corrected chi connectivity index (χ1v) is 4.42.